The van der Waals surface area contributed by atoms with Gasteiger partial charge in [-0.05, 0) is 43.2 Å². The zero-order valence-electron chi connectivity index (χ0n) is 19.2. The molecule has 13 heteroatoms. The van der Waals surface area contributed by atoms with Gasteiger partial charge in [-0.25, -0.2) is 27.3 Å². The molecule has 0 bridgehead atoms. The van der Waals surface area contributed by atoms with Gasteiger partial charge < -0.3 is 0 Å². The van der Waals surface area contributed by atoms with Crippen molar-refractivity contribution < 1.29 is 17.2 Å². The maximum absolute atomic E-state index is 13.7. The summed E-state index contributed by atoms with van der Waals surface area (Å²) in [6.07, 6.45) is 3.92. The Morgan fingerprint density at radius 2 is 1.89 bits per heavy atom. The van der Waals surface area contributed by atoms with Crippen molar-refractivity contribution in [1.29, 1.82) is 0 Å². The van der Waals surface area contributed by atoms with Crippen LogP contribution in [0.15, 0.2) is 63.3 Å². The third kappa shape index (κ3) is 4.46. The van der Waals surface area contributed by atoms with Gasteiger partial charge in [0.15, 0.2) is 0 Å². The molecule has 1 fully saturated rings. The maximum atomic E-state index is 13.7. The first-order chi connectivity index (χ1) is 17.1. The fraction of sp³-hybridized carbons (Fsp3) is 0.304. The first-order valence-corrected chi connectivity index (χ1v) is 12.6. The summed E-state index contributed by atoms with van der Waals surface area (Å²) in [5.41, 5.74) is -1.52. The zero-order valence-corrected chi connectivity index (χ0v) is 20.0. The molecule has 1 saturated carbocycles. The average molecular weight is 517 g/mol. The second kappa shape index (κ2) is 8.75. The van der Waals surface area contributed by atoms with Crippen LogP contribution in [0.1, 0.15) is 24.1 Å². The minimum absolute atomic E-state index is 0.0390. The summed E-state index contributed by atoms with van der Waals surface area (Å²) >= 11 is 0. The molecular formula is C23H22F2N6O4S. The van der Waals surface area contributed by atoms with Crippen LogP contribution >= 0.6 is 0 Å². The van der Waals surface area contributed by atoms with Crippen molar-refractivity contribution >= 4 is 20.9 Å². The molecule has 36 heavy (non-hydrogen) atoms. The smallest absolute Gasteiger partial charge is 0.287 e. The van der Waals surface area contributed by atoms with E-state index in [0.29, 0.717) is 18.4 Å². The molecule has 3 aromatic heterocycles. The Kier molecular flexibility index (Phi) is 5.83. The minimum atomic E-state index is -4.13. The molecule has 0 saturated heterocycles. The molecule has 0 aliphatic heterocycles. The first-order valence-electron chi connectivity index (χ1n) is 11.1. The number of benzene rings is 1. The van der Waals surface area contributed by atoms with Gasteiger partial charge in [-0.15, -0.1) is 0 Å². The van der Waals surface area contributed by atoms with Crippen molar-refractivity contribution in [3.63, 3.8) is 0 Å². The SMILES string of the molecule is Cn1cc(Cn2c(=O)c3cc(S(=O)(=O)NC4(CF)CC4)ccc3n(Cc3cccc(F)n3)c2=O)cn1. The fourth-order valence-corrected chi connectivity index (χ4v) is 5.52. The van der Waals surface area contributed by atoms with Crippen molar-refractivity contribution in [2.24, 2.45) is 7.05 Å². The second-order valence-electron chi connectivity index (χ2n) is 8.93. The van der Waals surface area contributed by atoms with Crippen molar-refractivity contribution in [2.75, 3.05) is 6.67 Å². The van der Waals surface area contributed by atoms with Crippen LogP contribution in [0.5, 0.6) is 0 Å². The lowest BCUT2D eigenvalue weighted by atomic mass is 10.2. The molecule has 1 aliphatic carbocycles. The van der Waals surface area contributed by atoms with E-state index < -0.39 is 39.4 Å². The largest absolute Gasteiger partial charge is 0.332 e. The van der Waals surface area contributed by atoms with E-state index >= 15 is 0 Å². The number of sulfonamides is 1. The van der Waals surface area contributed by atoms with Gasteiger partial charge in [-0.1, -0.05) is 6.07 Å². The van der Waals surface area contributed by atoms with Gasteiger partial charge in [0.2, 0.25) is 16.0 Å². The number of fused-ring (bicyclic) bond motifs is 1. The van der Waals surface area contributed by atoms with Crippen molar-refractivity contribution in [3.05, 3.63) is 86.8 Å². The van der Waals surface area contributed by atoms with Gasteiger partial charge in [0.25, 0.3) is 5.56 Å². The highest BCUT2D eigenvalue weighted by atomic mass is 32.2. The van der Waals surface area contributed by atoms with E-state index in [0.717, 1.165) is 4.57 Å². The molecular weight excluding hydrogens is 494 g/mol. The highest BCUT2D eigenvalue weighted by molar-refractivity contribution is 7.89. The van der Waals surface area contributed by atoms with E-state index in [1.165, 1.54) is 51.8 Å². The molecule has 188 valence electrons. The van der Waals surface area contributed by atoms with Crippen LogP contribution in [0.25, 0.3) is 10.9 Å². The molecule has 1 aliphatic rings. The van der Waals surface area contributed by atoms with E-state index in [-0.39, 0.29) is 34.6 Å². The Labute approximate surface area is 203 Å². The lowest BCUT2D eigenvalue weighted by molar-refractivity contribution is 0.393. The second-order valence-corrected chi connectivity index (χ2v) is 10.6. The Bertz CT molecular complexity index is 1710. The number of aryl methyl sites for hydroxylation is 1. The van der Waals surface area contributed by atoms with Gasteiger partial charge in [0.1, 0.15) is 6.67 Å². The van der Waals surface area contributed by atoms with E-state index in [4.69, 9.17) is 0 Å². The number of nitrogens with one attached hydrogen (secondary N) is 1. The van der Waals surface area contributed by atoms with Crippen LogP contribution < -0.4 is 16.0 Å². The topological polar surface area (TPSA) is 121 Å². The number of nitrogens with zero attached hydrogens (tertiary/aromatic N) is 5. The number of halogens is 2. The van der Waals surface area contributed by atoms with Gasteiger partial charge in [0, 0.05) is 18.8 Å². The van der Waals surface area contributed by atoms with Gasteiger partial charge in [-0.3, -0.25) is 18.6 Å². The Hall–Kier alpha value is -3.71. The summed E-state index contributed by atoms with van der Waals surface area (Å²) in [5, 5.41) is 4.01. The summed E-state index contributed by atoms with van der Waals surface area (Å²) in [6, 6.07) is 7.91. The predicted molar refractivity (Wildman–Crippen MR) is 126 cm³/mol. The third-order valence-electron chi connectivity index (χ3n) is 6.16. The van der Waals surface area contributed by atoms with Crippen LogP contribution in [0.2, 0.25) is 0 Å². The maximum Gasteiger partial charge on any atom is 0.332 e. The van der Waals surface area contributed by atoms with Gasteiger partial charge >= 0.3 is 5.69 Å². The summed E-state index contributed by atoms with van der Waals surface area (Å²) in [5.74, 6) is -0.727. The minimum Gasteiger partial charge on any atom is -0.287 e. The van der Waals surface area contributed by atoms with E-state index in [2.05, 4.69) is 14.8 Å². The summed E-state index contributed by atoms with van der Waals surface area (Å²) in [4.78, 5) is 30.4. The van der Waals surface area contributed by atoms with E-state index in [1.54, 1.807) is 13.2 Å². The molecule has 1 aromatic carbocycles. The van der Waals surface area contributed by atoms with E-state index in [1.807, 2.05) is 0 Å². The average Bonchev–Trinajstić information content (AvgIpc) is 3.49. The van der Waals surface area contributed by atoms with Crippen LogP contribution in [0.3, 0.4) is 0 Å². The summed E-state index contributed by atoms with van der Waals surface area (Å²) in [6.45, 7) is -1.11. The highest BCUT2D eigenvalue weighted by Crippen LogP contribution is 2.37. The van der Waals surface area contributed by atoms with Crippen LogP contribution in [-0.4, -0.2) is 44.5 Å². The molecule has 0 amide bonds. The summed E-state index contributed by atoms with van der Waals surface area (Å²) in [7, 11) is -2.44. The van der Waals surface area contributed by atoms with E-state index in [9.17, 15) is 26.8 Å². The Morgan fingerprint density at radius 3 is 2.53 bits per heavy atom. The third-order valence-corrected chi connectivity index (χ3v) is 7.73. The quantitative estimate of drug-likeness (QED) is 0.353. The Balaban J connectivity index is 1.68. The number of hydrogen-bond donors (Lipinski definition) is 1. The zero-order chi connectivity index (χ0) is 25.7. The van der Waals surface area contributed by atoms with Crippen molar-refractivity contribution in [3.8, 4) is 0 Å². The number of rotatable bonds is 8. The normalized spacial score (nSPS) is 14.9. The number of hydrogen-bond acceptors (Lipinski definition) is 6. The number of pyridine rings is 1. The number of alkyl halides is 1. The molecule has 4 aromatic rings. The first kappa shape index (κ1) is 24.0. The predicted octanol–water partition coefficient (Wildman–Crippen LogP) is 1.31. The number of aromatic nitrogens is 5. The summed E-state index contributed by atoms with van der Waals surface area (Å²) < 4.78 is 59.0. The fourth-order valence-electron chi connectivity index (χ4n) is 4.06. The molecule has 0 radical (unpaired) electrons. The van der Waals surface area contributed by atoms with Crippen LogP contribution in [0.4, 0.5) is 8.78 Å². The van der Waals surface area contributed by atoms with Gasteiger partial charge in [-0.2, -0.15) is 9.49 Å². The molecule has 3 heterocycles. The lowest BCUT2D eigenvalue weighted by Crippen LogP contribution is -2.41. The molecule has 0 unspecified atom stereocenters. The molecule has 1 N–H and O–H groups in total. The van der Waals surface area contributed by atoms with Crippen LogP contribution in [-0.2, 0) is 30.2 Å². The molecule has 5 rings (SSSR count). The van der Waals surface area contributed by atoms with Crippen molar-refractivity contribution in [1.82, 2.24) is 28.6 Å². The highest BCUT2D eigenvalue weighted by Gasteiger charge is 2.46. The monoisotopic (exact) mass is 516 g/mol. The standard InChI is InChI=1S/C23H22F2N6O4S/c1-29-11-15(10-26-29)12-31-21(32)18-9-17(36(34,35)28-23(14-24)7-8-23)5-6-19(18)30(22(31)33)13-16-3-2-4-20(25)27-16/h2-6,9-11,28H,7-8,12-14H2,1H3. The lowest BCUT2D eigenvalue weighted by Gasteiger charge is -2.16. The molecule has 0 spiro atoms. The Morgan fingerprint density at radius 1 is 1.11 bits per heavy atom. The molecule has 0 atom stereocenters. The molecule has 10 nitrogen and oxygen atoms in total. The van der Waals surface area contributed by atoms with Crippen molar-refractivity contribution in [2.45, 2.75) is 36.4 Å². The van der Waals surface area contributed by atoms with Crippen LogP contribution in [0, 0.1) is 5.95 Å². The van der Waals surface area contributed by atoms with Gasteiger partial charge in [0.05, 0.1) is 46.3 Å².